The largest absolute Gasteiger partial charge is 0.496 e. The average molecular weight is 233 g/mol. The van der Waals surface area contributed by atoms with Gasteiger partial charge in [-0.3, -0.25) is 15.0 Å². The normalized spacial score (nSPS) is 10.5. The molecule has 90 valence electrons. The van der Waals surface area contributed by atoms with E-state index >= 15 is 0 Å². The Labute approximate surface area is 98.6 Å². The van der Waals surface area contributed by atoms with E-state index < -0.39 is 0 Å². The van der Waals surface area contributed by atoms with E-state index in [1.54, 1.807) is 7.11 Å². The molecule has 0 unspecified atom stereocenters. The summed E-state index contributed by atoms with van der Waals surface area (Å²) in [6.07, 6.45) is 0.888. The van der Waals surface area contributed by atoms with E-state index in [0.29, 0.717) is 22.7 Å². The summed E-state index contributed by atoms with van der Waals surface area (Å²) in [4.78, 5) is 11.7. The molecule has 0 aliphatic carbocycles. The van der Waals surface area contributed by atoms with Crippen LogP contribution in [-0.4, -0.2) is 17.3 Å². The van der Waals surface area contributed by atoms with E-state index in [1.165, 1.54) is 0 Å². The van der Waals surface area contributed by atoms with Gasteiger partial charge in [-0.2, -0.15) is 0 Å². The molecule has 4 N–H and O–H groups in total. The highest BCUT2D eigenvalue weighted by atomic mass is 16.5. The van der Waals surface area contributed by atoms with Crippen molar-refractivity contribution in [1.29, 1.82) is 0 Å². The smallest absolute Gasteiger partial charge is 0.274 e. The van der Waals surface area contributed by atoms with E-state index in [4.69, 9.17) is 10.5 Å². The topological polar surface area (TPSA) is 83.9 Å². The molecule has 0 radical (unpaired) electrons. The second-order valence-corrected chi connectivity index (χ2v) is 3.76. The van der Waals surface area contributed by atoms with Gasteiger partial charge < -0.3 is 10.5 Å². The lowest BCUT2D eigenvalue weighted by Gasteiger charge is -2.08. The highest BCUT2D eigenvalue weighted by Crippen LogP contribution is 2.31. The van der Waals surface area contributed by atoms with Crippen molar-refractivity contribution in [3.63, 3.8) is 0 Å². The second kappa shape index (κ2) is 4.37. The van der Waals surface area contributed by atoms with E-state index in [-0.39, 0.29) is 5.56 Å². The SMILES string of the molecule is CCc1ccc(OC)c(-c2c(N)[nH][nH]c2=O)c1. The molecular weight excluding hydrogens is 218 g/mol. The highest BCUT2D eigenvalue weighted by Gasteiger charge is 2.14. The average Bonchev–Trinajstić information content (AvgIpc) is 2.68. The summed E-state index contributed by atoms with van der Waals surface area (Å²) >= 11 is 0. The number of benzene rings is 1. The fourth-order valence-electron chi connectivity index (χ4n) is 1.81. The standard InChI is InChI=1S/C12H15N3O2/c1-3-7-4-5-9(17-2)8(6-7)10-11(13)14-15-12(10)16/h4-6H,3H2,1-2H3,(H4,13,14,15,16). The van der Waals surface area contributed by atoms with E-state index in [1.807, 2.05) is 18.2 Å². The number of methoxy groups -OCH3 is 1. The van der Waals surface area contributed by atoms with Gasteiger partial charge in [0, 0.05) is 5.56 Å². The summed E-state index contributed by atoms with van der Waals surface area (Å²) in [6.45, 7) is 2.05. The predicted octanol–water partition coefficient (Wildman–Crippen LogP) is 1.52. The van der Waals surface area contributed by atoms with Crippen LogP contribution >= 0.6 is 0 Å². The number of nitrogens with two attached hydrogens (primary N) is 1. The monoisotopic (exact) mass is 233 g/mol. The van der Waals surface area contributed by atoms with E-state index in [0.717, 1.165) is 12.0 Å². The Kier molecular flexibility index (Phi) is 2.91. The van der Waals surface area contributed by atoms with E-state index in [9.17, 15) is 4.79 Å². The fourth-order valence-corrected chi connectivity index (χ4v) is 1.81. The number of ether oxygens (including phenoxy) is 1. The highest BCUT2D eigenvalue weighted by molar-refractivity contribution is 5.78. The number of nitrogen functional groups attached to an aromatic ring is 1. The third-order valence-corrected chi connectivity index (χ3v) is 2.75. The molecule has 0 bridgehead atoms. The summed E-state index contributed by atoms with van der Waals surface area (Å²) in [5.41, 5.74) is 7.77. The number of rotatable bonds is 3. The summed E-state index contributed by atoms with van der Waals surface area (Å²) in [5.74, 6) is 0.959. The fraction of sp³-hybridized carbons (Fsp3) is 0.250. The van der Waals surface area contributed by atoms with Gasteiger partial charge in [0.25, 0.3) is 5.56 Å². The Morgan fingerprint density at radius 1 is 1.35 bits per heavy atom. The van der Waals surface area contributed by atoms with Crippen LogP contribution in [0.4, 0.5) is 5.82 Å². The third kappa shape index (κ3) is 1.91. The van der Waals surface area contributed by atoms with Crippen molar-refractivity contribution < 1.29 is 4.74 Å². The lowest BCUT2D eigenvalue weighted by Crippen LogP contribution is -2.04. The summed E-state index contributed by atoms with van der Waals surface area (Å²) in [6, 6.07) is 5.74. The Balaban J connectivity index is 2.68. The van der Waals surface area contributed by atoms with Crippen molar-refractivity contribution >= 4 is 5.82 Å². The molecule has 0 aliphatic heterocycles. The molecule has 0 saturated heterocycles. The molecule has 1 heterocycles. The van der Waals surface area contributed by atoms with Gasteiger partial charge in [0.2, 0.25) is 0 Å². The van der Waals surface area contributed by atoms with Gasteiger partial charge in [0.1, 0.15) is 11.6 Å². The maximum atomic E-state index is 11.7. The van der Waals surface area contributed by atoms with Gasteiger partial charge >= 0.3 is 0 Å². The van der Waals surface area contributed by atoms with Crippen LogP contribution in [0.2, 0.25) is 0 Å². The van der Waals surface area contributed by atoms with Crippen molar-refractivity contribution in [3.8, 4) is 16.9 Å². The maximum absolute atomic E-state index is 11.7. The number of aromatic nitrogens is 2. The molecule has 0 aliphatic rings. The first-order chi connectivity index (χ1) is 8.17. The van der Waals surface area contributed by atoms with Gasteiger partial charge in [-0.05, 0) is 24.1 Å². The molecule has 1 aromatic heterocycles. The molecule has 5 nitrogen and oxygen atoms in total. The Morgan fingerprint density at radius 2 is 2.12 bits per heavy atom. The van der Waals surface area contributed by atoms with Gasteiger partial charge in [-0.25, -0.2) is 0 Å². The van der Waals surface area contributed by atoms with Gasteiger partial charge in [0.05, 0.1) is 12.7 Å². The van der Waals surface area contributed by atoms with Crippen LogP contribution in [0.5, 0.6) is 5.75 Å². The first-order valence-electron chi connectivity index (χ1n) is 5.40. The molecule has 0 fully saturated rings. The lowest BCUT2D eigenvalue weighted by molar-refractivity contribution is 0.416. The van der Waals surface area contributed by atoms with Crippen LogP contribution in [0.25, 0.3) is 11.1 Å². The van der Waals surface area contributed by atoms with Crippen LogP contribution in [0, 0.1) is 0 Å². The van der Waals surface area contributed by atoms with Crippen LogP contribution in [0.1, 0.15) is 12.5 Å². The molecule has 17 heavy (non-hydrogen) atoms. The van der Waals surface area contributed by atoms with Crippen LogP contribution < -0.4 is 16.0 Å². The van der Waals surface area contributed by atoms with E-state index in [2.05, 4.69) is 17.1 Å². The molecule has 0 saturated carbocycles. The van der Waals surface area contributed by atoms with Crippen molar-refractivity contribution in [1.82, 2.24) is 10.2 Å². The van der Waals surface area contributed by atoms with Crippen molar-refractivity contribution in [3.05, 3.63) is 34.1 Å². The summed E-state index contributed by atoms with van der Waals surface area (Å²) < 4.78 is 5.26. The second-order valence-electron chi connectivity index (χ2n) is 3.76. The zero-order valence-electron chi connectivity index (χ0n) is 9.83. The van der Waals surface area contributed by atoms with Crippen molar-refractivity contribution in [2.24, 2.45) is 0 Å². The van der Waals surface area contributed by atoms with Gasteiger partial charge in [-0.1, -0.05) is 13.0 Å². The number of nitrogens with one attached hydrogen (secondary N) is 2. The van der Waals surface area contributed by atoms with Crippen molar-refractivity contribution in [2.75, 3.05) is 12.8 Å². The zero-order valence-corrected chi connectivity index (χ0v) is 9.83. The minimum atomic E-state index is -0.242. The lowest BCUT2D eigenvalue weighted by atomic mass is 10.0. The quantitative estimate of drug-likeness (QED) is 0.751. The summed E-state index contributed by atoms with van der Waals surface area (Å²) in [7, 11) is 1.57. The number of aryl methyl sites for hydroxylation is 1. The van der Waals surface area contributed by atoms with Crippen LogP contribution in [0.15, 0.2) is 23.0 Å². The zero-order chi connectivity index (χ0) is 12.4. The minimum Gasteiger partial charge on any atom is -0.496 e. The Hall–Kier alpha value is -2.17. The predicted molar refractivity (Wildman–Crippen MR) is 67.2 cm³/mol. The van der Waals surface area contributed by atoms with Gasteiger partial charge in [0.15, 0.2) is 0 Å². The number of anilines is 1. The van der Waals surface area contributed by atoms with Crippen molar-refractivity contribution in [2.45, 2.75) is 13.3 Å². The Bertz CT molecular complexity index is 584. The number of hydrogen-bond donors (Lipinski definition) is 3. The molecule has 2 rings (SSSR count). The molecule has 0 spiro atoms. The number of H-pyrrole nitrogens is 2. The number of hydrogen-bond acceptors (Lipinski definition) is 3. The van der Waals surface area contributed by atoms with Gasteiger partial charge in [-0.15, -0.1) is 0 Å². The first kappa shape index (κ1) is 11.3. The molecule has 0 atom stereocenters. The van der Waals surface area contributed by atoms with Crippen LogP contribution in [-0.2, 0) is 6.42 Å². The number of aromatic amines is 2. The molecule has 0 amide bonds. The maximum Gasteiger partial charge on any atom is 0.274 e. The third-order valence-electron chi connectivity index (χ3n) is 2.75. The molecule has 1 aromatic carbocycles. The first-order valence-corrected chi connectivity index (χ1v) is 5.40. The molecule has 2 aromatic rings. The minimum absolute atomic E-state index is 0.242. The molecular formula is C12H15N3O2. The Morgan fingerprint density at radius 3 is 2.65 bits per heavy atom. The van der Waals surface area contributed by atoms with Crippen LogP contribution in [0.3, 0.4) is 0 Å². The molecule has 5 heteroatoms. The summed E-state index contributed by atoms with van der Waals surface area (Å²) in [5, 5.41) is 5.07.